The molecule has 0 aliphatic heterocycles. The van der Waals surface area contributed by atoms with Gasteiger partial charge in [-0.05, 0) is 37.6 Å². The molecule has 0 fully saturated rings. The van der Waals surface area contributed by atoms with Crippen molar-refractivity contribution in [3.63, 3.8) is 0 Å². The molecule has 1 aromatic carbocycles. The van der Waals surface area contributed by atoms with Crippen LogP contribution in [0.1, 0.15) is 18.1 Å². The number of nitrogens with zero attached hydrogens (tertiary/aromatic N) is 2. The summed E-state index contributed by atoms with van der Waals surface area (Å²) in [6, 6.07) is 11.3. The topological polar surface area (TPSA) is 84.0 Å². The predicted molar refractivity (Wildman–Crippen MR) is 79.0 cm³/mol. The molecule has 0 radical (unpaired) electrons. The molecule has 0 saturated heterocycles. The molecule has 2 aromatic rings. The van der Waals surface area contributed by atoms with E-state index in [1.54, 1.807) is 12.1 Å². The van der Waals surface area contributed by atoms with Crippen LogP contribution >= 0.6 is 0 Å². The zero-order valence-corrected chi connectivity index (χ0v) is 11.5. The van der Waals surface area contributed by atoms with Crippen molar-refractivity contribution in [2.75, 3.05) is 17.7 Å². The number of nitrogen functional groups attached to an aromatic ring is 1. The summed E-state index contributed by atoms with van der Waals surface area (Å²) < 4.78 is 5.35. The minimum atomic E-state index is 0.392. The summed E-state index contributed by atoms with van der Waals surface area (Å²) in [7, 11) is 0. The van der Waals surface area contributed by atoms with Crippen LogP contribution in [-0.4, -0.2) is 11.6 Å². The van der Waals surface area contributed by atoms with Crippen molar-refractivity contribution in [2.45, 2.75) is 13.8 Å². The lowest BCUT2D eigenvalue weighted by atomic mass is 10.1. The highest BCUT2D eigenvalue weighted by Gasteiger charge is 2.08. The average Bonchev–Trinajstić information content (AvgIpc) is 2.43. The number of rotatable bonds is 4. The fourth-order valence-electron chi connectivity index (χ4n) is 1.83. The van der Waals surface area contributed by atoms with E-state index in [4.69, 9.17) is 10.5 Å². The molecule has 0 amide bonds. The van der Waals surface area contributed by atoms with Crippen molar-refractivity contribution < 1.29 is 4.74 Å². The number of anilines is 3. The molecule has 1 heterocycles. The minimum absolute atomic E-state index is 0.392. The summed E-state index contributed by atoms with van der Waals surface area (Å²) in [5.74, 6) is 0.980. The van der Waals surface area contributed by atoms with Gasteiger partial charge in [-0.15, -0.1) is 0 Å². The molecule has 0 bridgehead atoms. The van der Waals surface area contributed by atoms with E-state index in [1.165, 1.54) is 0 Å². The third-order valence-electron chi connectivity index (χ3n) is 2.82. The summed E-state index contributed by atoms with van der Waals surface area (Å²) in [5, 5.41) is 12.3. The van der Waals surface area contributed by atoms with Crippen molar-refractivity contribution in [2.24, 2.45) is 0 Å². The van der Waals surface area contributed by atoms with Crippen LogP contribution in [0.15, 0.2) is 30.3 Å². The molecule has 5 heteroatoms. The Hall–Kier alpha value is -2.74. The molecule has 0 unspecified atom stereocenters. The lowest BCUT2D eigenvalue weighted by molar-refractivity contribution is 0.329. The van der Waals surface area contributed by atoms with E-state index < -0.39 is 0 Å². The SMILES string of the molecule is CCOc1nc(Nc2cccc(C)c2C#N)ccc1N. The van der Waals surface area contributed by atoms with Gasteiger partial charge in [-0.1, -0.05) is 12.1 Å². The number of hydrogen-bond donors (Lipinski definition) is 2. The number of aromatic nitrogens is 1. The van der Waals surface area contributed by atoms with Crippen molar-refractivity contribution in [3.8, 4) is 11.9 Å². The van der Waals surface area contributed by atoms with Gasteiger partial charge in [0.25, 0.3) is 0 Å². The number of hydrogen-bond acceptors (Lipinski definition) is 5. The van der Waals surface area contributed by atoms with Crippen LogP contribution in [0.3, 0.4) is 0 Å². The van der Waals surface area contributed by atoms with Crippen molar-refractivity contribution in [1.29, 1.82) is 5.26 Å². The normalized spacial score (nSPS) is 9.85. The third kappa shape index (κ3) is 2.81. The molecule has 0 aliphatic carbocycles. The third-order valence-corrected chi connectivity index (χ3v) is 2.82. The van der Waals surface area contributed by atoms with E-state index in [9.17, 15) is 5.26 Å². The van der Waals surface area contributed by atoms with Crippen LogP contribution in [0.25, 0.3) is 0 Å². The second kappa shape index (κ2) is 5.93. The van der Waals surface area contributed by atoms with Gasteiger partial charge in [-0.25, -0.2) is 0 Å². The van der Waals surface area contributed by atoms with Gasteiger partial charge in [-0.3, -0.25) is 0 Å². The quantitative estimate of drug-likeness (QED) is 0.890. The fourth-order valence-corrected chi connectivity index (χ4v) is 1.83. The molecule has 2 rings (SSSR count). The Morgan fingerprint density at radius 2 is 2.15 bits per heavy atom. The maximum Gasteiger partial charge on any atom is 0.239 e. The van der Waals surface area contributed by atoms with Crippen LogP contribution in [-0.2, 0) is 0 Å². The smallest absolute Gasteiger partial charge is 0.239 e. The van der Waals surface area contributed by atoms with Gasteiger partial charge in [0.1, 0.15) is 11.9 Å². The molecule has 0 spiro atoms. The Bertz CT molecular complexity index is 661. The monoisotopic (exact) mass is 268 g/mol. The molecular weight excluding hydrogens is 252 g/mol. The first-order valence-electron chi connectivity index (χ1n) is 6.31. The van der Waals surface area contributed by atoms with Crippen molar-refractivity contribution in [1.82, 2.24) is 4.98 Å². The van der Waals surface area contributed by atoms with Gasteiger partial charge in [0, 0.05) is 0 Å². The lowest BCUT2D eigenvalue weighted by Gasteiger charge is -2.11. The van der Waals surface area contributed by atoms with Crippen LogP contribution in [0.5, 0.6) is 5.88 Å². The number of ether oxygens (including phenoxy) is 1. The number of aryl methyl sites for hydroxylation is 1. The largest absolute Gasteiger partial charge is 0.476 e. The van der Waals surface area contributed by atoms with E-state index in [2.05, 4.69) is 16.4 Å². The highest BCUT2D eigenvalue weighted by atomic mass is 16.5. The Morgan fingerprint density at radius 1 is 1.35 bits per heavy atom. The molecule has 0 atom stereocenters. The van der Waals surface area contributed by atoms with Crippen LogP contribution < -0.4 is 15.8 Å². The van der Waals surface area contributed by atoms with Gasteiger partial charge in [0.2, 0.25) is 5.88 Å². The van der Waals surface area contributed by atoms with E-state index >= 15 is 0 Å². The Labute approximate surface area is 118 Å². The molecule has 0 saturated carbocycles. The Kier molecular flexibility index (Phi) is 4.06. The first-order valence-corrected chi connectivity index (χ1v) is 6.31. The molecule has 20 heavy (non-hydrogen) atoms. The minimum Gasteiger partial charge on any atom is -0.476 e. The van der Waals surface area contributed by atoms with Crippen molar-refractivity contribution >= 4 is 17.2 Å². The second-order valence-corrected chi connectivity index (χ2v) is 4.26. The molecule has 0 aliphatic rings. The van der Waals surface area contributed by atoms with Gasteiger partial charge in [0.05, 0.1) is 23.5 Å². The number of benzene rings is 1. The van der Waals surface area contributed by atoms with Gasteiger partial charge in [-0.2, -0.15) is 10.2 Å². The van der Waals surface area contributed by atoms with E-state index in [0.717, 1.165) is 5.56 Å². The van der Waals surface area contributed by atoms with Gasteiger partial charge < -0.3 is 15.8 Å². The highest BCUT2D eigenvalue weighted by molar-refractivity contribution is 5.67. The fraction of sp³-hybridized carbons (Fsp3) is 0.200. The second-order valence-electron chi connectivity index (χ2n) is 4.26. The van der Waals surface area contributed by atoms with Crippen molar-refractivity contribution in [3.05, 3.63) is 41.5 Å². The number of nitrogens with one attached hydrogen (secondary N) is 1. The number of pyridine rings is 1. The highest BCUT2D eigenvalue weighted by Crippen LogP contribution is 2.25. The predicted octanol–water partition coefficient (Wildman–Crippen LogP) is 2.99. The molecule has 5 nitrogen and oxygen atoms in total. The van der Waals surface area contributed by atoms with Crippen LogP contribution in [0.4, 0.5) is 17.2 Å². The maximum absolute atomic E-state index is 9.21. The van der Waals surface area contributed by atoms with Gasteiger partial charge in [0.15, 0.2) is 0 Å². The molecular formula is C15H16N4O. The standard InChI is InChI=1S/C15H16N4O/c1-3-20-15-12(17)7-8-14(19-15)18-13-6-4-5-10(2)11(13)9-16/h4-8H,3,17H2,1-2H3,(H,18,19). The summed E-state index contributed by atoms with van der Waals surface area (Å²) in [5.41, 5.74) is 8.50. The van der Waals surface area contributed by atoms with Gasteiger partial charge >= 0.3 is 0 Å². The maximum atomic E-state index is 9.21. The first-order chi connectivity index (χ1) is 9.65. The molecule has 102 valence electrons. The zero-order chi connectivity index (χ0) is 14.5. The summed E-state index contributed by atoms with van der Waals surface area (Å²) in [6.45, 7) is 4.26. The average molecular weight is 268 g/mol. The van der Waals surface area contributed by atoms with E-state index in [0.29, 0.717) is 35.2 Å². The van der Waals surface area contributed by atoms with Crippen LogP contribution in [0, 0.1) is 18.3 Å². The Morgan fingerprint density at radius 3 is 2.85 bits per heavy atom. The summed E-state index contributed by atoms with van der Waals surface area (Å²) in [4.78, 5) is 4.29. The Balaban J connectivity index is 2.34. The summed E-state index contributed by atoms with van der Waals surface area (Å²) in [6.07, 6.45) is 0. The van der Waals surface area contributed by atoms with E-state index in [-0.39, 0.29) is 0 Å². The lowest BCUT2D eigenvalue weighted by Crippen LogP contribution is -2.03. The molecule has 3 N–H and O–H groups in total. The van der Waals surface area contributed by atoms with E-state index in [1.807, 2.05) is 32.0 Å². The summed E-state index contributed by atoms with van der Waals surface area (Å²) >= 11 is 0. The first kappa shape index (κ1) is 13.7. The number of nitrogens with two attached hydrogens (primary N) is 1. The van der Waals surface area contributed by atoms with Crippen LogP contribution in [0.2, 0.25) is 0 Å². The zero-order valence-electron chi connectivity index (χ0n) is 11.5. The molecule has 1 aromatic heterocycles. The number of nitriles is 1.